The van der Waals surface area contributed by atoms with Crippen molar-refractivity contribution in [2.45, 2.75) is 130 Å². The van der Waals surface area contributed by atoms with Crippen LogP contribution in [0, 0.1) is 0 Å². The number of hydrogen-bond acceptors (Lipinski definition) is 6. The number of amides is 2. The van der Waals surface area contributed by atoms with Crippen molar-refractivity contribution in [3.8, 4) is 23.0 Å². The number of fused-ring (bicyclic) bond motifs is 2. The minimum absolute atomic E-state index is 0.188. The summed E-state index contributed by atoms with van der Waals surface area (Å²) in [5.74, 6) is 0.835. The Kier molecular flexibility index (Phi) is 11.5. The van der Waals surface area contributed by atoms with Crippen LogP contribution < -0.4 is 20.1 Å². The fourth-order valence-electron chi connectivity index (χ4n) is 7.80. The van der Waals surface area contributed by atoms with E-state index < -0.39 is 0 Å². The zero-order valence-corrected chi connectivity index (χ0v) is 36.8. The molecule has 2 amide bonds. The van der Waals surface area contributed by atoms with E-state index in [9.17, 15) is 19.8 Å². The van der Waals surface area contributed by atoms with Gasteiger partial charge in [0.05, 0.1) is 0 Å². The van der Waals surface area contributed by atoms with Crippen LogP contribution in [0.25, 0.3) is 0 Å². The third-order valence-corrected chi connectivity index (χ3v) is 11.5. The van der Waals surface area contributed by atoms with E-state index >= 15 is 0 Å². The van der Waals surface area contributed by atoms with Crippen molar-refractivity contribution in [2.24, 2.45) is 0 Å². The number of rotatable bonds is 0. The van der Waals surface area contributed by atoms with Gasteiger partial charge in [-0.1, -0.05) is 132 Å². The summed E-state index contributed by atoms with van der Waals surface area (Å²) in [5.41, 5.74) is 9.64. The summed E-state index contributed by atoms with van der Waals surface area (Å²) in [6.07, 6.45) is 1.35. The predicted octanol–water partition coefficient (Wildman–Crippen LogP) is 8.97. The van der Waals surface area contributed by atoms with Gasteiger partial charge in [0.15, 0.2) is 13.2 Å². The predicted molar refractivity (Wildman–Crippen MR) is 232 cm³/mol. The average Bonchev–Trinajstić information content (AvgIpc) is 3.09. The fraction of sp³-hybridized carbons (Fsp3) is 0.480. The molecule has 0 unspecified atom stereocenters. The largest absolute Gasteiger partial charge is 0.507 e. The first-order chi connectivity index (χ1) is 26.9. The number of phenolic OH excluding ortho intramolecular Hbond substituents is 2. The molecule has 8 nitrogen and oxygen atoms in total. The third kappa shape index (κ3) is 9.48. The Morgan fingerprint density at radius 3 is 0.862 bits per heavy atom. The molecule has 2 aliphatic rings. The molecule has 4 aromatic carbocycles. The van der Waals surface area contributed by atoms with Gasteiger partial charge in [-0.15, -0.1) is 0 Å². The molecule has 1 aliphatic heterocycles. The van der Waals surface area contributed by atoms with Crippen LogP contribution in [0.5, 0.6) is 23.0 Å². The highest BCUT2D eigenvalue weighted by Crippen LogP contribution is 2.43. The number of aromatic hydroxyl groups is 2. The van der Waals surface area contributed by atoms with Gasteiger partial charge in [0.25, 0.3) is 11.8 Å². The van der Waals surface area contributed by atoms with Crippen molar-refractivity contribution < 1.29 is 29.3 Å². The van der Waals surface area contributed by atoms with Gasteiger partial charge in [0, 0.05) is 38.8 Å². The highest BCUT2D eigenvalue weighted by Gasteiger charge is 2.29. The number of ether oxygens (including phenoxy) is 2. The second kappa shape index (κ2) is 15.6. The number of hydrogen-bond donors (Lipinski definition) is 4. The lowest BCUT2D eigenvalue weighted by Gasteiger charge is -2.28. The van der Waals surface area contributed by atoms with Gasteiger partial charge in [-0.25, -0.2) is 0 Å². The zero-order valence-electron chi connectivity index (χ0n) is 36.8. The first-order valence-electron chi connectivity index (χ1n) is 20.7. The van der Waals surface area contributed by atoms with Crippen molar-refractivity contribution >= 4 is 11.8 Å². The minimum Gasteiger partial charge on any atom is -0.507 e. The first-order valence-corrected chi connectivity index (χ1v) is 20.7. The van der Waals surface area contributed by atoms with Gasteiger partial charge >= 0.3 is 0 Å². The Morgan fingerprint density at radius 1 is 0.414 bits per heavy atom. The van der Waals surface area contributed by atoms with E-state index in [2.05, 4.69) is 142 Å². The van der Waals surface area contributed by atoms with E-state index in [1.54, 1.807) is 0 Å². The Labute approximate surface area is 345 Å². The highest BCUT2D eigenvalue weighted by molar-refractivity contribution is 5.79. The number of carbonyl (C=O) groups excluding carboxylic acids is 2. The summed E-state index contributed by atoms with van der Waals surface area (Å²) in [7, 11) is 0. The molecule has 8 heteroatoms. The third-order valence-electron chi connectivity index (χ3n) is 11.5. The smallest absolute Gasteiger partial charge is 0.258 e. The Hall–Kier alpha value is -4.98. The molecule has 0 spiro atoms. The van der Waals surface area contributed by atoms with Crippen molar-refractivity contribution in [3.05, 3.63) is 115 Å². The Morgan fingerprint density at radius 2 is 0.638 bits per heavy atom. The maximum atomic E-state index is 13.3. The summed E-state index contributed by atoms with van der Waals surface area (Å²) in [6, 6.07) is 16.9. The van der Waals surface area contributed by atoms with Crippen LogP contribution in [0.3, 0.4) is 0 Å². The molecule has 4 N–H and O–H groups in total. The summed E-state index contributed by atoms with van der Waals surface area (Å²) in [6.45, 7) is 26.0. The topological polar surface area (TPSA) is 117 Å². The van der Waals surface area contributed by atoms with Crippen molar-refractivity contribution in [1.82, 2.24) is 10.6 Å². The van der Waals surface area contributed by atoms with E-state index in [1.165, 1.54) is 0 Å². The second-order valence-electron chi connectivity index (χ2n) is 20.5. The number of nitrogens with one attached hydrogen (secondary N) is 2. The lowest BCUT2D eigenvalue weighted by Crippen LogP contribution is -2.38. The van der Waals surface area contributed by atoms with Crippen LogP contribution in [-0.4, -0.2) is 48.3 Å². The quantitative estimate of drug-likeness (QED) is 0.125. The van der Waals surface area contributed by atoms with Gasteiger partial charge in [-0.05, 0) is 88.4 Å². The maximum Gasteiger partial charge on any atom is 0.258 e. The molecule has 4 aromatic rings. The van der Waals surface area contributed by atoms with E-state index in [0.717, 1.165) is 66.8 Å². The van der Waals surface area contributed by atoms with Crippen molar-refractivity contribution in [2.75, 3.05) is 26.3 Å². The summed E-state index contributed by atoms with van der Waals surface area (Å²) in [5, 5.41) is 30.5. The standard InChI is InChI=1S/C50H64N2O6/c1-47(2,3)37-19-29-15-33-23-39(49(7,8)9)25-35-17-31-21-38(48(4,5)6)22-32(44(31)56)18-36-26-40(50(10,11)12)24-34(16-30(20-37)43(29)55)46(36)58-28-42(54)52-14-13-51-41(53)27-57-45(33)35/h19-26,55-56H,13-18,27-28H2,1-12H3,(H,51,53)(H,52,54). The van der Waals surface area contributed by atoms with Crippen molar-refractivity contribution in [1.29, 1.82) is 0 Å². The molecule has 1 aliphatic carbocycles. The maximum absolute atomic E-state index is 13.3. The Balaban J connectivity index is 1.77. The lowest BCUT2D eigenvalue weighted by atomic mass is 9.79. The van der Waals surface area contributed by atoms with Crippen LogP contribution >= 0.6 is 0 Å². The van der Waals surface area contributed by atoms with Gasteiger partial charge in [0.1, 0.15) is 23.0 Å². The molecule has 310 valence electrons. The van der Waals surface area contributed by atoms with Gasteiger partial charge in [-0.2, -0.15) is 0 Å². The summed E-state index contributed by atoms with van der Waals surface area (Å²) < 4.78 is 13.1. The molecule has 0 radical (unpaired) electrons. The minimum atomic E-state index is -0.328. The zero-order chi connectivity index (χ0) is 42.5. The van der Waals surface area contributed by atoms with E-state index in [4.69, 9.17) is 9.47 Å². The van der Waals surface area contributed by atoms with Gasteiger partial charge in [-0.3, -0.25) is 9.59 Å². The van der Waals surface area contributed by atoms with E-state index in [1.807, 2.05) is 0 Å². The van der Waals surface area contributed by atoms with Crippen LogP contribution in [-0.2, 0) is 56.9 Å². The van der Waals surface area contributed by atoms with Gasteiger partial charge in [0.2, 0.25) is 0 Å². The van der Waals surface area contributed by atoms with Gasteiger partial charge < -0.3 is 30.3 Å². The van der Waals surface area contributed by atoms with Crippen LogP contribution in [0.2, 0.25) is 0 Å². The molecule has 0 aromatic heterocycles. The van der Waals surface area contributed by atoms with Crippen LogP contribution in [0.1, 0.15) is 150 Å². The van der Waals surface area contributed by atoms with E-state index in [-0.39, 0.29) is 71.3 Å². The lowest BCUT2D eigenvalue weighted by molar-refractivity contribution is -0.124. The highest BCUT2D eigenvalue weighted by atomic mass is 16.5. The number of carbonyl (C=O) groups is 2. The Bertz CT molecular complexity index is 1980. The number of benzene rings is 4. The van der Waals surface area contributed by atoms with E-state index in [0.29, 0.717) is 37.2 Å². The van der Waals surface area contributed by atoms with Crippen LogP contribution in [0.4, 0.5) is 0 Å². The molecule has 0 fully saturated rings. The molecule has 6 rings (SSSR count). The second-order valence-corrected chi connectivity index (χ2v) is 20.5. The molecule has 10 bridgehead atoms. The van der Waals surface area contributed by atoms with Crippen molar-refractivity contribution in [3.63, 3.8) is 0 Å². The fourth-order valence-corrected chi connectivity index (χ4v) is 7.80. The average molecular weight is 789 g/mol. The molecular weight excluding hydrogens is 725 g/mol. The molecule has 0 atom stereocenters. The molecule has 0 saturated heterocycles. The molecule has 0 saturated carbocycles. The first kappa shape index (κ1) is 42.6. The SMILES string of the molecule is CC(C)(C)c1cc2c(O)c(c1)Cc1cc(C(C)(C)C)cc3c1OCC(=O)NCCNC(=O)COc1c(cc(C(C)(C)C)cc1Cc1cc(C(C)(C)C)cc(c1O)C3)C2. The summed E-state index contributed by atoms with van der Waals surface area (Å²) in [4.78, 5) is 26.6. The monoisotopic (exact) mass is 788 g/mol. The van der Waals surface area contributed by atoms with Crippen LogP contribution in [0.15, 0.2) is 48.5 Å². The molecule has 58 heavy (non-hydrogen) atoms. The summed E-state index contributed by atoms with van der Waals surface area (Å²) >= 11 is 0. The molecule has 1 heterocycles. The number of phenols is 2. The molecular formula is C50H64N2O6. The normalized spacial score (nSPS) is 15.8.